The van der Waals surface area contributed by atoms with Gasteiger partial charge in [0.15, 0.2) is 5.65 Å². The van der Waals surface area contributed by atoms with Gasteiger partial charge in [0.2, 0.25) is 5.91 Å². The zero-order valence-corrected chi connectivity index (χ0v) is 20.4. The first kappa shape index (κ1) is 25.0. The van der Waals surface area contributed by atoms with Crippen molar-refractivity contribution in [2.24, 2.45) is 0 Å². The number of nitrogens with two attached hydrogens (primary N) is 1. The molecule has 0 saturated carbocycles. The first-order chi connectivity index (χ1) is 18.4. The Morgan fingerprint density at radius 3 is 2.58 bits per heavy atom. The van der Waals surface area contributed by atoms with Crippen LogP contribution in [-0.4, -0.2) is 49.6 Å². The van der Waals surface area contributed by atoms with Crippen molar-refractivity contribution in [2.45, 2.75) is 25.4 Å². The van der Waals surface area contributed by atoms with Crippen molar-refractivity contribution in [2.75, 3.05) is 18.8 Å². The van der Waals surface area contributed by atoms with E-state index in [1.165, 1.54) is 18.5 Å². The Morgan fingerprint density at radius 2 is 1.87 bits per heavy atom. The van der Waals surface area contributed by atoms with Gasteiger partial charge in [-0.15, -0.1) is 0 Å². The van der Waals surface area contributed by atoms with E-state index in [4.69, 9.17) is 10.8 Å². The minimum absolute atomic E-state index is 0.0720. The lowest BCUT2D eigenvalue weighted by atomic mass is 10.1. The number of fused-ring (bicyclic) bond motifs is 1. The number of hydrogen-bond acceptors (Lipinski definition) is 6. The molecule has 1 fully saturated rings. The van der Waals surface area contributed by atoms with Crippen molar-refractivity contribution >= 4 is 28.7 Å². The Labute approximate surface area is 217 Å². The van der Waals surface area contributed by atoms with Gasteiger partial charge in [0.1, 0.15) is 35.0 Å². The maximum atomic E-state index is 13.9. The number of halogens is 2. The van der Waals surface area contributed by atoms with Gasteiger partial charge in [-0.25, -0.2) is 23.4 Å². The lowest BCUT2D eigenvalue weighted by Crippen LogP contribution is -2.40. The Hall–Kier alpha value is -4.67. The predicted molar refractivity (Wildman–Crippen MR) is 138 cm³/mol. The first-order valence-corrected chi connectivity index (χ1v) is 12.1. The number of carbonyl (C=O) groups excluding carboxylic acids is 2. The summed E-state index contributed by atoms with van der Waals surface area (Å²) in [4.78, 5) is 34.8. The summed E-state index contributed by atoms with van der Waals surface area (Å²) in [5.41, 5.74) is 8.26. The van der Waals surface area contributed by atoms with E-state index >= 15 is 0 Å². The number of nitrogens with one attached hydrogen (secondary N) is 1. The van der Waals surface area contributed by atoms with Gasteiger partial charge in [-0.2, -0.15) is 5.10 Å². The van der Waals surface area contributed by atoms with Gasteiger partial charge in [-0.1, -0.05) is 36.9 Å². The summed E-state index contributed by atoms with van der Waals surface area (Å²) in [6.45, 7) is 4.79. The number of rotatable bonds is 6. The van der Waals surface area contributed by atoms with Gasteiger partial charge >= 0.3 is 0 Å². The van der Waals surface area contributed by atoms with Crippen molar-refractivity contribution in [3.8, 4) is 11.3 Å². The second kappa shape index (κ2) is 10.4. The van der Waals surface area contributed by atoms with E-state index in [1.54, 1.807) is 17.0 Å². The van der Waals surface area contributed by atoms with Crippen LogP contribution in [0.4, 0.5) is 14.6 Å². The smallest absolute Gasteiger partial charge is 0.257 e. The van der Waals surface area contributed by atoms with Crippen LogP contribution in [0.15, 0.2) is 61.4 Å². The standard InChI is InChI=1S/C27H25F2N7O2/c1-2-21(37)35-12-4-5-18(14-35)36-26-23(25(30)32-15-33-26)24(34-36)17-10-8-16(9-11-17)13-31-27(38)22-19(28)6-3-7-20(22)29/h2-3,6-11,15,18H,1,4-5,12-14H2,(H,31,38)(H2,30,32,33). The van der Waals surface area contributed by atoms with Crippen molar-refractivity contribution < 1.29 is 18.4 Å². The fourth-order valence-corrected chi connectivity index (χ4v) is 4.70. The maximum absolute atomic E-state index is 13.9. The van der Waals surface area contributed by atoms with Crippen LogP contribution in [0.2, 0.25) is 0 Å². The number of aromatic nitrogens is 4. The number of likely N-dealkylation sites (tertiary alicyclic amines) is 1. The number of hydrogen-bond donors (Lipinski definition) is 2. The van der Waals surface area contributed by atoms with Gasteiger partial charge < -0.3 is 16.0 Å². The van der Waals surface area contributed by atoms with Crippen molar-refractivity contribution in [3.05, 3.63) is 84.2 Å². The average molecular weight is 518 g/mol. The van der Waals surface area contributed by atoms with Crippen LogP contribution in [0, 0.1) is 11.6 Å². The van der Waals surface area contributed by atoms with Crippen LogP contribution < -0.4 is 11.1 Å². The zero-order chi connectivity index (χ0) is 26.8. The molecule has 9 nitrogen and oxygen atoms in total. The molecule has 3 N–H and O–H groups in total. The summed E-state index contributed by atoms with van der Waals surface area (Å²) in [7, 11) is 0. The third-order valence-electron chi connectivity index (χ3n) is 6.62. The fourth-order valence-electron chi connectivity index (χ4n) is 4.70. The monoisotopic (exact) mass is 517 g/mol. The van der Waals surface area contributed by atoms with Crippen LogP contribution in [0.1, 0.15) is 34.8 Å². The number of amides is 2. The lowest BCUT2D eigenvalue weighted by molar-refractivity contribution is -0.127. The van der Waals surface area contributed by atoms with E-state index in [9.17, 15) is 18.4 Å². The maximum Gasteiger partial charge on any atom is 0.257 e. The molecular weight excluding hydrogens is 492 g/mol. The van der Waals surface area contributed by atoms with Crippen LogP contribution >= 0.6 is 0 Å². The van der Waals surface area contributed by atoms with Crippen LogP contribution in [0.25, 0.3) is 22.3 Å². The van der Waals surface area contributed by atoms with E-state index in [2.05, 4.69) is 21.9 Å². The molecule has 2 aromatic carbocycles. The minimum Gasteiger partial charge on any atom is -0.383 e. The molecule has 0 spiro atoms. The number of anilines is 1. The van der Waals surface area contributed by atoms with Crippen molar-refractivity contribution in [1.29, 1.82) is 0 Å². The fraction of sp³-hybridized carbons (Fsp3) is 0.222. The highest BCUT2D eigenvalue weighted by atomic mass is 19.1. The summed E-state index contributed by atoms with van der Waals surface area (Å²) in [5.74, 6) is -2.52. The lowest BCUT2D eigenvalue weighted by Gasteiger charge is -2.32. The number of benzene rings is 2. The van der Waals surface area contributed by atoms with Crippen molar-refractivity contribution in [1.82, 2.24) is 30.0 Å². The summed E-state index contributed by atoms with van der Waals surface area (Å²) < 4.78 is 29.6. The van der Waals surface area contributed by atoms with Gasteiger partial charge in [-0.05, 0) is 36.6 Å². The third-order valence-corrected chi connectivity index (χ3v) is 6.62. The van der Waals surface area contributed by atoms with Gasteiger partial charge in [-0.3, -0.25) is 9.59 Å². The highest BCUT2D eigenvalue weighted by molar-refractivity contribution is 5.98. The minimum atomic E-state index is -0.921. The molecule has 11 heteroatoms. The first-order valence-electron chi connectivity index (χ1n) is 12.1. The van der Waals surface area contributed by atoms with Gasteiger partial charge in [0.05, 0.1) is 11.4 Å². The molecule has 2 amide bonds. The van der Waals surface area contributed by atoms with Crippen LogP contribution in [0.3, 0.4) is 0 Å². The summed E-state index contributed by atoms with van der Waals surface area (Å²) in [5, 5.41) is 7.99. The van der Waals surface area contributed by atoms with E-state index in [1.807, 2.05) is 16.8 Å². The molecule has 4 aromatic rings. The van der Waals surface area contributed by atoms with E-state index in [0.717, 1.165) is 36.1 Å². The molecular formula is C27H25F2N7O2. The molecule has 1 saturated heterocycles. The Bertz CT molecular complexity index is 1510. The number of carbonyl (C=O) groups is 2. The van der Waals surface area contributed by atoms with E-state index in [-0.39, 0.29) is 24.3 Å². The third kappa shape index (κ3) is 4.70. The molecule has 3 heterocycles. The van der Waals surface area contributed by atoms with Gasteiger partial charge in [0, 0.05) is 25.2 Å². The molecule has 194 valence electrons. The molecule has 1 unspecified atom stereocenters. The molecule has 1 aliphatic heterocycles. The zero-order valence-electron chi connectivity index (χ0n) is 20.4. The summed E-state index contributed by atoms with van der Waals surface area (Å²) in [6, 6.07) is 10.4. The normalized spacial score (nSPS) is 15.4. The van der Waals surface area contributed by atoms with Crippen LogP contribution in [-0.2, 0) is 11.3 Å². The van der Waals surface area contributed by atoms with E-state index in [0.29, 0.717) is 29.8 Å². The molecule has 0 aliphatic carbocycles. The molecule has 38 heavy (non-hydrogen) atoms. The van der Waals surface area contributed by atoms with E-state index < -0.39 is 23.1 Å². The Morgan fingerprint density at radius 1 is 1.13 bits per heavy atom. The molecule has 0 bridgehead atoms. The number of piperidine rings is 1. The Balaban J connectivity index is 1.40. The quantitative estimate of drug-likeness (QED) is 0.377. The Kier molecular flexibility index (Phi) is 6.82. The number of nitrogens with zero attached hydrogens (tertiary/aromatic N) is 5. The SMILES string of the molecule is C=CC(=O)N1CCCC(n2nc(-c3ccc(CNC(=O)c4c(F)cccc4F)cc3)c3c(N)ncnc32)C1. The molecule has 5 rings (SSSR count). The highest BCUT2D eigenvalue weighted by Gasteiger charge is 2.28. The highest BCUT2D eigenvalue weighted by Crippen LogP contribution is 2.33. The average Bonchev–Trinajstić information content (AvgIpc) is 3.33. The topological polar surface area (TPSA) is 119 Å². The molecule has 1 atom stereocenters. The molecule has 1 aliphatic rings. The summed E-state index contributed by atoms with van der Waals surface area (Å²) >= 11 is 0. The predicted octanol–water partition coefficient (Wildman–Crippen LogP) is 3.63. The molecule has 2 aromatic heterocycles. The number of nitrogen functional groups attached to an aromatic ring is 1. The molecule has 0 radical (unpaired) electrons. The second-order valence-electron chi connectivity index (χ2n) is 9.01. The largest absolute Gasteiger partial charge is 0.383 e. The van der Waals surface area contributed by atoms with Crippen LogP contribution in [0.5, 0.6) is 0 Å². The van der Waals surface area contributed by atoms with Gasteiger partial charge in [0.25, 0.3) is 5.91 Å². The summed E-state index contributed by atoms with van der Waals surface area (Å²) in [6.07, 6.45) is 4.34. The second-order valence-corrected chi connectivity index (χ2v) is 9.01. The van der Waals surface area contributed by atoms with Crippen molar-refractivity contribution in [3.63, 3.8) is 0 Å².